The molecule has 50 heavy (non-hydrogen) atoms. The van der Waals surface area contributed by atoms with Crippen LogP contribution in [0.3, 0.4) is 0 Å². The predicted molar refractivity (Wildman–Crippen MR) is 206 cm³/mol. The molecule has 0 saturated carbocycles. The first-order chi connectivity index (χ1) is 24.6. The van der Waals surface area contributed by atoms with Crippen molar-refractivity contribution in [3.63, 3.8) is 0 Å². The molecule has 7 aromatic carbocycles. The molecule has 0 fully saturated rings. The Morgan fingerprint density at radius 1 is 0.560 bits per heavy atom. The highest BCUT2D eigenvalue weighted by atomic mass is 15.0. The van der Waals surface area contributed by atoms with E-state index in [4.69, 9.17) is 6.57 Å². The van der Waals surface area contributed by atoms with Crippen molar-refractivity contribution in [2.75, 3.05) is 0 Å². The number of rotatable bonds is 4. The molecule has 9 aromatic rings. The van der Waals surface area contributed by atoms with E-state index in [-0.39, 0.29) is 0 Å². The first-order valence-electron chi connectivity index (χ1n) is 16.7. The molecule has 4 heteroatoms. The van der Waals surface area contributed by atoms with Crippen LogP contribution in [0.1, 0.15) is 16.7 Å². The summed E-state index contributed by atoms with van der Waals surface area (Å²) in [7, 11) is 0. The van der Waals surface area contributed by atoms with Crippen molar-refractivity contribution >= 4 is 49.3 Å². The molecule has 2 heterocycles. The van der Waals surface area contributed by atoms with E-state index < -0.39 is 0 Å². The molecular formula is C46H30N4. The molecule has 0 aliphatic heterocycles. The first-order valence-corrected chi connectivity index (χ1v) is 16.7. The molecule has 0 unspecified atom stereocenters. The number of aryl methyl sites for hydroxylation is 2. The maximum atomic E-state index is 9.93. The molecule has 234 valence electrons. The Morgan fingerprint density at radius 3 is 1.96 bits per heavy atom. The third-order valence-corrected chi connectivity index (χ3v) is 9.96. The number of hydrogen-bond acceptors (Lipinski definition) is 1. The monoisotopic (exact) mass is 638 g/mol. The van der Waals surface area contributed by atoms with Gasteiger partial charge in [0.1, 0.15) is 0 Å². The van der Waals surface area contributed by atoms with Crippen molar-refractivity contribution in [3.8, 4) is 39.7 Å². The van der Waals surface area contributed by atoms with Gasteiger partial charge in [-0.25, -0.2) is 4.85 Å². The van der Waals surface area contributed by atoms with E-state index in [1.54, 1.807) is 6.07 Å². The van der Waals surface area contributed by atoms with Gasteiger partial charge in [-0.15, -0.1) is 0 Å². The lowest BCUT2D eigenvalue weighted by atomic mass is 9.93. The van der Waals surface area contributed by atoms with Crippen LogP contribution in [0.25, 0.3) is 82.1 Å². The maximum absolute atomic E-state index is 9.93. The Balaban J connectivity index is 1.42. The van der Waals surface area contributed by atoms with Crippen LogP contribution >= 0.6 is 0 Å². The molecule has 0 bridgehead atoms. The van der Waals surface area contributed by atoms with Gasteiger partial charge in [-0.3, -0.25) is 0 Å². The van der Waals surface area contributed by atoms with Crippen molar-refractivity contribution in [1.29, 1.82) is 5.26 Å². The fraction of sp³-hybridized carbons (Fsp3) is 0.0435. The second-order valence-corrected chi connectivity index (χ2v) is 12.9. The van der Waals surface area contributed by atoms with Crippen molar-refractivity contribution < 1.29 is 0 Å². The molecule has 9 rings (SSSR count). The van der Waals surface area contributed by atoms with Gasteiger partial charge in [-0.1, -0.05) is 91.0 Å². The topological polar surface area (TPSA) is 38.0 Å². The third kappa shape index (κ3) is 4.37. The van der Waals surface area contributed by atoms with Crippen LogP contribution in [0, 0.1) is 31.8 Å². The van der Waals surface area contributed by atoms with Crippen molar-refractivity contribution in [2.45, 2.75) is 13.8 Å². The van der Waals surface area contributed by atoms with Gasteiger partial charge >= 0.3 is 0 Å². The van der Waals surface area contributed by atoms with E-state index in [0.29, 0.717) is 11.3 Å². The Hall–Kier alpha value is -6.88. The summed E-state index contributed by atoms with van der Waals surface area (Å²) in [5.41, 5.74) is 14.1. The van der Waals surface area contributed by atoms with Crippen LogP contribution in [0.5, 0.6) is 0 Å². The van der Waals surface area contributed by atoms with Crippen LogP contribution in [0.4, 0.5) is 5.69 Å². The largest absolute Gasteiger partial charge is 0.309 e. The van der Waals surface area contributed by atoms with Gasteiger partial charge in [0.2, 0.25) is 0 Å². The molecule has 0 aliphatic rings. The molecular weight excluding hydrogens is 609 g/mol. The van der Waals surface area contributed by atoms with E-state index in [0.717, 1.165) is 61.0 Å². The van der Waals surface area contributed by atoms with Gasteiger partial charge in [0.25, 0.3) is 0 Å². The molecule has 0 spiro atoms. The fourth-order valence-corrected chi connectivity index (χ4v) is 7.85. The predicted octanol–water partition coefficient (Wildman–Crippen LogP) is 12.3. The number of fused-ring (bicyclic) bond motifs is 6. The molecule has 0 amide bonds. The standard InChI is InChI=1S/C46H30N4/c1-29-12-11-13-30(2)45(29)50-42-19-10-8-17-39(42)44-36(21-22-37(46(44)50)33-24-31(28-47)25-34(26-33)48-3)32-20-23-43-40(27-32)38-16-7-9-18-41(38)49(43)35-14-5-4-6-15-35/h4-27H,1-2H3. The lowest BCUT2D eigenvalue weighted by Gasteiger charge is -2.17. The first kappa shape index (κ1) is 29.3. The Kier molecular flexibility index (Phi) is 6.66. The Labute approximate surface area is 290 Å². The molecule has 0 N–H and O–H groups in total. The van der Waals surface area contributed by atoms with Crippen LogP contribution in [-0.4, -0.2) is 9.13 Å². The number of para-hydroxylation sites is 4. The minimum Gasteiger partial charge on any atom is -0.309 e. The van der Waals surface area contributed by atoms with Crippen LogP contribution in [0.2, 0.25) is 0 Å². The van der Waals surface area contributed by atoms with Gasteiger partial charge < -0.3 is 9.13 Å². The summed E-state index contributed by atoms with van der Waals surface area (Å²) in [5, 5.41) is 14.6. The van der Waals surface area contributed by atoms with Crippen molar-refractivity contribution in [2.24, 2.45) is 0 Å². The summed E-state index contributed by atoms with van der Waals surface area (Å²) in [6.07, 6.45) is 0. The van der Waals surface area contributed by atoms with E-state index >= 15 is 0 Å². The molecule has 2 aromatic heterocycles. The lowest BCUT2D eigenvalue weighted by Crippen LogP contribution is -2.01. The van der Waals surface area contributed by atoms with Gasteiger partial charge in [0.05, 0.1) is 40.4 Å². The minimum absolute atomic E-state index is 0.450. The maximum Gasteiger partial charge on any atom is 0.189 e. The molecule has 0 atom stereocenters. The number of hydrogen-bond donors (Lipinski definition) is 0. The highest BCUT2D eigenvalue weighted by molar-refractivity contribution is 6.20. The zero-order chi connectivity index (χ0) is 33.9. The Bertz CT molecular complexity index is 2860. The highest BCUT2D eigenvalue weighted by Gasteiger charge is 2.23. The SMILES string of the molecule is [C-]#[N+]c1cc(C#N)cc(-c2ccc(-c3ccc4c(c3)c3ccccc3n4-c3ccccc3)c3c4ccccc4n(-c4c(C)cccc4C)c23)c1. The second-order valence-electron chi connectivity index (χ2n) is 12.9. The minimum atomic E-state index is 0.450. The second kappa shape index (κ2) is 11.4. The number of benzene rings is 7. The van der Waals surface area contributed by atoms with Crippen LogP contribution in [0.15, 0.2) is 146 Å². The van der Waals surface area contributed by atoms with E-state index in [9.17, 15) is 5.26 Å². The zero-order valence-corrected chi connectivity index (χ0v) is 27.6. The third-order valence-electron chi connectivity index (χ3n) is 9.96. The summed E-state index contributed by atoms with van der Waals surface area (Å²) in [6, 6.07) is 53.2. The van der Waals surface area contributed by atoms with Gasteiger partial charge in [0, 0.05) is 38.4 Å². The van der Waals surface area contributed by atoms with Crippen LogP contribution in [-0.2, 0) is 0 Å². The quantitative estimate of drug-likeness (QED) is 0.177. The summed E-state index contributed by atoms with van der Waals surface area (Å²) in [4.78, 5) is 3.73. The van der Waals surface area contributed by atoms with Gasteiger partial charge in [-0.2, -0.15) is 5.26 Å². The Morgan fingerprint density at radius 2 is 1.22 bits per heavy atom. The number of aromatic nitrogens is 2. The molecule has 0 aliphatic carbocycles. The average molecular weight is 639 g/mol. The summed E-state index contributed by atoms with van der Waals surface area (Å²) >= 11 is 0. The summed E-state index contributed by atoms with van der Waals surface area (Å²) in [6.45, 7) is 12.1. The van der Waals surface area contributed by atoms with Crippen LogP contribution < -0.4 is 0 Å². The molecule has 0 saturated heterocycles. The number of nitrogens with zero attached hydrogens (tertiary/aromatic N) is 4. The zero-order valence-electron chi connectivity index (χ0n) is 27.6. The highest BCUT2D eigenvalue weighted by Crippen LogP contribution is 2.45. The lowest BCUT2D eigenvalue weighted by molar-refractivity contribution is 1.12. The van der Waals surface area contributed by atoms with E-state index in [2.05, 4.69) is 161 Å². The summed E-state index contributed by atoms with van der Waals surface area (Å²) in [5.74, 6) is 0. The van der Waals surface area contributed by atoms with Gasteiger partial charge in [-0.05, 0) is 96.3 Å². The van der Waals surface area contributed by atoms with Crippen molar-refractivity contribution in [1.82, 2.24) is 9.13 Å². The smallest absolute Gasteiger partial charge is 0.189 e. The van der Waals surface area contributed by atoms with Crippen molar-refractivity contribution in [3.05, 3.63) is 174 Å². The number of nitriles is 1. The van der Waals surface area contributed by atoms with E-state index in [1.807, 2.05) is 12.1 Å². The van der Waals surface area contributed by atoms with E-state index in [1.165, 1.54) is 27.4 Å². The summed E-state index contributed by atoms with van der Waals surface area (Å²) < 4.78 is 4.74. The molecule has 0 radical (unpaired) electrons. The average Bonchev–Trinajstić information content (AvgIpc) is 3.68. The normalized spacial score (nSPS) is 11.4. The molecule has 4 nitrogen and oxygen atoms in total. The van der Waals surface area contributed by atoms with Gasteiger partial charge in [0.15, 0.2) is 5.69 Å². The fourth-order valence-electron chi connectivity index (χ4n) is 7.85.